The molecule has 1 fully saturated rings. The lowest BCUT2D eigenvalue weighted by Crippen LogP contribution is -2.50. The Labute approximate surface area is 244 Å². The van der Waals surface area contributed by atoms with Crippen LogP contribution in [0.1, 0.15) is 28.4 Å². The maximum atomic E-state index is 13.1. The number of nitrogens with zero attached hydrogens (tertiary/aromatic N) is 5. The van der Waals surface area contributed by atoms with Gasteiger partial charge < -0.3 is 24.2 Å². The van der Waals surface area contributed by atoms with Crippen LogP contribution in [-0.2, 0) is 17.0 Å². The third kappa shape index (κ3) is 7.57. The van der Waals surface area contributed by atoms with Gasteiger partial charge in [0.25, 0.3) is 5.91 Å². The van der Waals surface area contributed by atoms with E-state index in [-0.39, 0.29) is 11.8 Å². The van der Waals surface area contributed by atoms with Gasteiger partial charge in [0.2, 0.25) is 5.91 Å². The van der Waals surface area contributed by atoms with E-state index in [1.165, 1.54) is 11.8 Å². The molecule has 0 saturated carbocycles. The van der Waals surface area contributed by atoms with E-state index in [9.17, 15) is 9.59 Å². The highest BCUT2D eigenvalue weighted by molar-refractivity contribution is 7.98. The monoisotopic (exact) mass is 583 g/mol. The molecule has 0 atom stereocenters. The Balaban J connectivity index is 1.36. The summed E-state index contributed by atoms with van der Waals surface area (Å²) in [4.78, 5) is 39.4. The number of thioether (sulfide) groups is 1. The number of hydrogen-bond acceptors (Lipinski definition) is 8. The molecular weight excluding hydrogens is 550 g/mol. The van der Waals surface area contributed by atoms with Gasteiger partial charge in [0.15, 0.2) is 16.7 Å². The van der Waals surface area contributed by atoms with E-state index in [1.807, 2.05) is 54.4 Å². The van der Waals surface area contributed by atoms with Crippen molar-refractivity contribution in [1.82, 2.24) is 19.8 Å². The molecule has 212 valence electrons. The second-order valence-corrected chi connectivity index (χ2v) is 10.8. The Morgan fingerprint density at radius 1 is 0.950 bits per heavy atom. The minimum Gasteiger partial charge on any atom is -0.493 e. The largest absolute Gasteiger partial charge is 0.493 e. The zero-order chi connectivity index (χ0) is 28.6. The van der Waals surface area contributed by atoms with Gasteiger partial charge >= 0.3 is 0 Å². The summed E-state index contributed by atoms with van der Waals surface area (Å²) in [5, 5.41) is 0.941. The third-order valence-corrected chi connectivity index (χ3v) is 7.90. The van der Waals surface area contributed by atoms with Crippen molar-refractivity contribution in [2.75, 3.05) is 58.9 Å². The summed E-state index contributed by atoms with van der Waals surface area (Å²) in [5.41, 5.74) is 2.75. The summed E-state index contributed by atoms with van der Waals surface area (Å²) < 4.78 is 10.7. The number of carbonyl (C=O) groups is 2. The molecule has 3 aromatic rings. The summed E-state index contributed by atoms with van der Waals surface area (Å²) in [6.07, 6.45) is 0.783. The molecule has 0 N–H and O–H groups in total. The van der Waals surface area contributed by atoms with Gasteiger partial charge in [-0.3, -0.25) is 9.59 Å². The zero-order valence-electron chi connectivity index (χ0n) is 23.2. The normalized spacial score (nSPS) is 13.2. The first-order valence-corrected chi connectivity index (χ1v) is 14.4. The van der Waals surface area contributed by atoms with E-state index in [1.54, 1.807) is 37.0 Å². The number of ether oxygens (including phenoxy) is 2. The van der Waals surface area contributed by atoms with Crippen molar-refractivity contribution in [1.29, 1.82) is 0 Å². The quantitative estimate of drug-likeness (QED) is 0.197. The molecule has 4 rings (SSSR count). The number of benzene rings is 2. The lowest BCUT2D eigenvalue weighted by Gasteiger charge is -2.34. The van der Waals surface area contributed by atoms with Gasteiger partial charge in [0.05, 0.1) is 14.2 Å². The van der Waals surface area contributed by atoms with Crippen LogP contribution in [0.3, 0.4) is 0 Å². The molecule has 9 nitrogen and oxygen atoms in total. The fraction of sp³-hybridized carbons (Fsp3) is 0.379. The molecule has 1 saturated heterocycles. The van der Waals surface area contributed by atoms with Gasteiger partial charge in [-0.2, -0.15) is 0 Å². The molecule has 0 aliphatic carbocycles. The van der Waals surface area contributed by atoms with E-state index in [0.29, 0.717) is 59.3 Å². The SMILES string of the molecule is COc1ccc(CCN(C)c2cc(Cl)nc(SCc3cccc(C(=O)N4CCN(C(C)=O)CC4)c3)n2)cc1OC. The van der Waals surface area contributed by atoms with Crippen molar-refractivity contribution < 1.29 is 19.1 Å². The highest BCUT2D eigenvalue weighted by Crippen LogP contribution is 2.28. The molecule has 0 unspecified atom stereocenters. The number of anilines is 1. The predicted octanol–water partition coefficient (Wildman–Crippen LogP) is 4.42. The fourth-order valence-electron chi connectivity index (χ4n) is 4.44. The van der Waals surface area contributed by atoms with E-state index in [2.05, 4.69) is 4.98 Å². The number of aromatic nitrogens is 2. The highest BCUT2D eigenvalue weighted by atomic mass is 35.5. The van der Waals surface area contributed by atoms with Crippen molar-refractivity contribution in [3.05, 3.63) is 70.4 Å². The molecule has 1 aliphatic rings. The number of piperazine rings is 1. The molecule has 2 aromatic carbocycles. The molecular formula is C29H34ClN5O4S. The Morgan fingerprint density at radius 3 is 2.38 bits per heavy atom. The average molecular weight is 584 g/mol. The first-order valence-electron chi connectivity index (χ1n) is 13.0. The van der Waals surface area contributed by atoms with Crippen molar-refractivity contribution in [2.45, 2.75) is 24.3 Å². The minimum atomic E-state index is -0.0209. The van der Waals surface area contributed by atoms with Gasteiger partial charge in [-0.05, 0) is 41.8 Å². The smallest absolute Gasteiger partial charge is 0.253 e. The second kappa shape index (κ2) is 13.7. The summed E-state index contributed by atoms with van der Waals surface area (Å²) in [6.45, 7) is 4.48. The number of rotatable bonds is 10. The van der Waals surface area contributed by atoms with Crippen molar-refractivity contribution in [3.63, 3.8) is 0 Å². The van der Waals surface area contributed by atoms with E-state index in [0.717, 1.165) is 29.9 Å². The lowest BCUT2D eigenvalue weighted by atomic mass is 10.1. The first-order chi connectivity index (χ1) is 19.3. The average Bonchev–Trinajstić information content (AvgIpc) is 2.98. The van der Waals surface area contributed by atoms with Crippen LogP contribution in [-0.4, -0.2) is 85.6 Å². The summed E-state index contributed by atoms with van der Waals surface area (Å²) in [7, 11) is 5.22. The maximum Gasteiger partial charge on any atom is 0.253 e. The maximum absolute atomic E-state index is 13.1. The summed E-state index contributed by atoms with van der Waals surface area (Å²) in [6, 6.07) is 15.3. The van der Waals surface area contributed by atoms with E-state index < -0.39 is 0 Å². The third-order valence-electron chi connectivity index (χ3n) is 6.79. The summed E-state index contributed by atoms with van der Waals surface area (Å²) in [5.74, 6) is 2.75. The molecule has 1 aromatic heterocycles. The molecule has 0 spiro atoms. The predicted molar refractivity (Wildman–Crippen MR) is 158 cm³/mol. The van der Waals surface area contributed by atoms with Gasteiger partial charge in [0, 0.05) is 64.1 Å². The molecule has 11 heteroatoms. The molecule has 0 radical (unpaired) electrons. The molecule has 1 aliphatic heterocycles. The fourth-order valence-corrected chi connectivity index (χ4v) is 5.47. The van der Waals surface area contributed by atoms with Crippen LogP contribution in [0.2, 0.25) is 5.15 Å². The number of likely N-dealkylation sites (N-methyl/N-ethyl adjacent to an activating group) is 1. The van der Waals surface area contributed by atoms with Crippen molar-refractivity contribution >= 4 is 41.0 Å². The van der Waals surface area contributed by atoms with Gasteiger partial charge in [0.1, 0.15) is 11.0 Å². The number of amides is 2. The Morgan fingerprint density at radius 2 is 1.68 bits per heavy atom. The van der Waals surface area contributed by atoms with E-state index in [4.69, 9.17) is 26.1 Å². The van der Waals surface area contributed by atoms with Gasteiger partial charge in [-0.1, -0.05) is 41.6 Å². The van der Waals surface area contributed by atoms with Gasteiger partial charge in [-0.15, -0.1) is 0 Å². The van der Waals surface area contributed by atoms with Crippen LogP contribution < -0.4 is 14.4 Å². The Kier molecular flexibility index (Phi) is 10.1. The molecule has 40 heavy (non-hydrogen) atoms. The van der Waals surface area contributed by atoms with Crippen LogP contribution in [0.4, 0.5) is 5.82 Å². The lowest BCUT2D eigenvalue weighted by molar-refractivity contribution is -0.130. The summed E-state index contributed by atoms with van der Waals surface area (Å²) >= 11 is 7.82. The molecule has 2 heterocycles. The Hall–Kier alpha value is -3.50. The zero-order valence-corrected chi connectivity index (χ0v) is 24.8. The Bertz CT molecular complexity index is 1350. The number of carbonyl (C=O) groups excluding carboxylic acids is 2. The van der Waals surface area contributed by atoms with Crippen LogP contribution in [0.5, 0.6) is 11.5 Å². The number of methoxy groups -OCH3 is 2. The highest BCUT2D eigenvalue weighted by Gasteiger charge is 2.23. The van der Waals surface area contributed by atoms with Crippen LogP contribution >= 0.6 is 23.4 Å². The second-order valence-electron chi connectivity index (χ2n) is 9.48. The standard InChI is InChI=1S/C29H34ClN5O4S/c1-20(36)34-12-14-35(15-13-34)28(37)23-7-5-6-22(16-23)19-40-29-31-26(30)18-27(32-29)33(2)11-10-21-8-9-24(38-3)25(17-21)39-4/h5-9,16-18H,10-15,19H2,1-4H3. The van der Waals surface area contributed by atoms with Crippen molar-refractivity contribution in [2.24, 2.45) is 0 Å². The molecule has 2 amide bonds. The van der Waals surface area contributed by atoms with Crippen LogP contribution in [0.15, 0.2) is 53.7 Å². The van der Waals surface area contributed by atoms with Crippen LogP contribution in [0, 0.1) is 0 Å². The number of hydrogen-bond donors (Lipinski definition) is 0. The molecule has 0 bridgehead atoms. The van der Waals surface area contributed by atoms with Crippen molar-refractivity contribution in [3.8, 4) is 11.5 Å². The minimum absolute atomic E-state index is 0.0209. The van der Waals surface area contributed by atoms with Crippen LogP contribution in [0.25, 0.3) is 0 Å². The topological polar surface area (TPSA) is 88.1 Å². The first kappa shape index (κ1) is 29.5. The number of halogens is 1. The van der Waals surface area contributed by atoms with Gasteiger partial charge in [-0.25, -0.2) is 9.97 Å². The van der Waals surface area contributed by atoms with E-state index >= 15 is 0 Å².